The van der Waals surface area contributed by atoms with E-state index >= 15 is 0 Å². The summed E-state index contributed by atoms with van der Waals surface area (Å²) >= 11 is 3.64. The number of fused-ring (bicyclic) bond motifs is 6. The van der Waals surface area contributed by atoms with Gasteiger partial charge in [-0.05, 0) is 60.8 Å². The van der Waals surface area contributed by atoms with Gasteiger partial charge < -0.3 is 14.4 Å². The van der Waals surface area contributed by atoms with Crippen LogP contribution in [0.3, 0.4) is 0 Å². The van der Waals surface area contributed by atoms with Crippen molar-refractivity contribution >= 4 is 44.8 Å². The zero-order chi connectivity index (χ0) is 22.5. The van der Waals surface area contributed by atoms with Gasteiger partial charge in [0.2, 0.25) is 11.3 Å². The van der Waals surface area contributed by atoms with Crippen LogP contribution in [0.5, 0.6) is 0 Å². The molecule has 170 valence electrons. The van der Waals surface area contributed by atoms with E-state index in [0.29, 0.717) is 0 Å². The molecule has 1 aliphatic carbocycles. The Morgan fingerprint density at radius 2 is 1.85 bits per heavy atom. The zero-order valence-electron chi connectivity index (χ0n) is 18.8. The Balaban J connectivity index is 1.23. The Bertz CT molecular complexity index is 1430. The minimum atomic E-state index is 0.720. The molecule has 34 heavy (non-hydrogen) atoms. The molecule has 0 saturated heterocycles. The molecule has 0 fully saturated rings. The average molecular weight is 486 g/mol. The van der Waals surface area contributed by atoms with Gasteiger partial charge in [-0.25, -0.2) is 0 Å². The highest BCUT2D eigenvalue weighted by atomic mass is 32.2. The molecule has 4 aliphatic rings. The number of thiazole rings is 1. The molecule has 4 nitrogen and oxygen atoms in total. The Morgan fingerprint density at radius 1 is 0.941 bits per heavy atom. The van der Waals surface area contributed by atoms with E-state index in [0.717, 1.165) is 57.1 Å². The zero-order valence-corrected chi connectivity index (χ0v) is 20.5. The quantitative estimate of drug-likeness (QED) is 0.392. The summed E-state index contributed by atoms with van der Waals surface area (Å²) in [6, 6.07) is 17.3. The average Bonchev–Trinajstić information content (AvgIpc) is 3.44. The second kappa shape index (κ2) is 8.36. The van der Waals surface area contributed by atoms with E-state index in [-0.39, 0.29) is 0 Å². The molecule has 1 aromatic heterocycles. The molecule has 7 rings (SSSR count). The second-order valence-electron chi connectivity index (χ2n) is 8.91. The van der Waals surface area contributed by atoms with Crippen LogP contribution in [0.1, 0.15) is 24.3 Å². The molecule has 6 heteroatoms. The standard InChI is InChI=1S/C28H25N2O2S2/c1-3-10-25-21(8-1)29-12-14-31-23(27(29)33-25)17-19-6-5-7-20(16-19)18-24-28-30(13-15-32-24)22-9-2-4-11-26(22)34-28/h1-4,8-11,16-18H,5-7,12-15H2/q+1. The smallest absolute Gasteiger partial charge is 0.305 e. The summed E-state index contributed by atoms with van der Waals surface area (Å²) in [7, 11) is 0. The number of hydrogen-bond acceptors (Lipinski definition) is 5. The molecule has 3 aromatic rings. The number of allylic oxidation sites excluding steroid dienone is 5. The van der Waals surface area contributed by atoms with Crippen molar-refractivity contribution in [2.45, 2.75) is 30.7 Å². The molecule has 0 saturated carbocycles. The number of hydrogen-bond donors (Lipinski definition) is 0. The Hall–Kier alpha value is -2.96. The third kappa shape index (κ3) is 3.48. The summed E-state index contributed by atoms with van der Waals surface area (Å²) in [5.74, 6) is 2.01. The first-order valence-corrected chi connectivity index (χ1v) is 13.6. The third-order valence-electron chi connectivity index (χ3n) is 6.72. The number of ether oxygens (including phenoxy) is 2. The van der Waals surface area contributed by atoms with Crippen LogP contribution >= 0.6 is 23.1 Å². The largest absolute Gasteiger partial charge is 0.489 e. The maximum absolute atomic E-state index is 6.16. The summed E-state index contributed by atoms with van der Waals surface area (Å²) in [6.45, 7) is 3.26. The summed E-state index contributed by atoms with van der Waals surface area (Å²) < 4.78 is 16.0. The number of aromatic nitrogens is 1. The molecule has 0 amide bonds. The van der Waals surface area contributed by atoms with Gasteiger partial charge in [-0.3, -0.25) is 0 Å². The fraction of sp³-hybridized carbons (Fsp3) is 0.250. The molecule has 0 radical (unpaired) electrons. The lowest BCUT2D eigenvalue weighted by Crippen LogP contribution is -2.41. The predicted molar refractivity (Wildman–Crippen MR) is 139 cm³/mol. The van der Waals surface area contributed by atoms with Crippen LogP contribution in [-0.4, -0.2) is 19.8 Å². The summed E-state index contributed by atoms with van der Waals surface area (Å²) in [5, 5.41) is 2.45. The highest BCUT2D eigenvalue weighted by Crippen LogP contribution is 2.48. The monoisotopic (exact) mass is 485 g/mol. The van der Waals surface area contributed by atoms with E-state index in [4.69, 9.17) is 9.47 Å². The van der Waals surface area contributed by atoms with Crippen molar-refractivity contribution < 1.29 is 14.0 Å². The third-order valence-corrected chi connectivity index (χ3v) is 9.08. The van der Waals surface area contributed by atoms with Crippen LogP contribution < -0.4 is 9.47 Å². The summed E-state index contributed by atoms with van der Waals surface area (Å²) in [4.78, 5) is 3.72. The van der Waals surface area contributed by atoms with Crippen LogP contribution in [0.25, 0.3) is 16.0 Å². The van der Waals surface area contributed by atoms with Gasteiger partial charge in [0.25, 0.3) is 0 Å². The fourth-order valence-corrected chi connectivity index (χ4v) is 7.46. The molecule has 4 heterocycles. The molecule has 0 unspecified atom stereocenters. The molecule has 0 atom stereocenters. The summed E-state index contributed by atoms with van der Waals surface area (Å²) in [6.07, 6.45) is 10.2. The summed E-state index contributed by atoms with van der Waals surface area (Å²) in [5.41, 5.74) is 5.27. The molecule has 0 spiro atoms. The Labute approximate surface area is 207 Å². The van der Waals surface area contributed by atoms with E-state index in [2.05, 4.69) is 76.2 Å². The van der Waals surface area contributed by atoms with E-state index in [1.54, 1.807) is 0 Å². The first kappa shape index (κ1) is 20.4. The second-order valence-corrected chi connectivity index (χ2v) is 11.0. The number of anilines is 1. The van der Waals surface area contributed by atoms with Crippen molar-refractivity contribution in [1.82, 2.24) is 0 Å². The fourth-order valence-electron chi connectivity index (χ4n) is 5.15. The van der Waals surface area contributed by atoms with Crippen molar-refractivity contribution in [3.05, 3.63) is 93.7 Å². The molecule has 0 N–H and O–H groups in total. The molecule has 0 bridgehead atoms. The number of para-hydroxylation sites is 2. The van der Waals surface area contributed by atoms with Gasteiger partial charge in [-0.1, -0.05) is 53.4 Å². The van der Waals surface area contributed by atoms with Gasteiger partial charge in [0, 0.05) is 11.0 Å². The topological polar surface area (TPSA) is 25.6 Å². The van der Waals surface area contributed by atoms with Crippen LogP contribution in [0.15, 0.2) is 93.6 Å². The lowest BCUT2D eigenvalue weighted by molar-refractivity contribution is -0.677. The first-order chi connectivity index (χ1) is 16.8. The number of rotatable bonds is 2. The highest BCUT2D eigenvalue weighted by molar-refractivity contribution is 8.03. The minimum Gasteiger partial charge on any atom is -0.489 e. The van der Waals surface area contributed by atoms with E-state index < -0.39 is 0 Å². The van der Waals surface area contributed by atoms with Gasteiger partial charge in [-0.2, -0.15) is 4.57 Å². The van der Waals surface area contributed by atoms with Gasteiger partial charge in [0.05, 0.1) is 12.2 Å². The molecule has 2 aromatic carbocycles. The number of nitrogens with zero attached hydrogens (tertiary/aromatic N) is 2. The van der Waals surface area contributed by atoms with Crippen LogP contribution in [0.4, 0.5) is 5.69 Å². The molecular weight excluding hydrogens is 460 g/mol. The van der Waals surface area contributed by atoms with Crippen molar-refractivity contribution in [2.75, 3.05) is 24.7 Å². The Morgan fingerprint density at radius 3 is 2.85 bits per heavy atom. The normalized spacial score (nSPS) is 21.8. The van der Waals surface area contributed by atoms with E-state index in [1.165, 1.54) is 42.0 Å². The van der Waals surface area contributed by atoms with Crippen molar-refractivity contribution in [1.29, 1.82) is 0 Å². The minimum absolute atomic E-state index is 0.720. The van der Waals surface area contributed by atoms with Crippen LogP contribution in [0.2, 0.25) is 0 Å². The predicted octanol–water partition coefficient (Wildman–Crippen LogP) is 6.41. The maximum atomic E-state index is 6.16. The molecule has 3 aliphatic heterocycles. The van der Waals surface area contributed by atoms with Crippen molar-refractivity contribution in [3.8, 4) is 0 Å². The SMILES string of the molecule is C1=C(C=C2OCC[n+]3c2sc2ccccc23)CCC/C1=C\C1=C2Sc3ccccc3N2CCO1. The lowest BCUT2D eigenvalue weighted by Gasteiger charge is -2.27. The van der Waals surface area contributed by atoms with Gasteiger partial charge in [0.1, 0.15) is 28.7 Å². The maximum Gasteiger partial charge on any atom is 0.305 e. The van der Waals surface area contributed by atoms with Crippen LogP contribution in [-0.2, 0) is 16.0 Å². The first-order valence-electron chi connectivity index (χ1n) is 11.9. The number of benzene rings is 2. The van der Waals surface area contributed by atoms with E-state index in [9.17, 15) is 0 Å². The van der Waals surface area contributed by atoms with Crippen LogP contribution in [0, 0.1) is 0 Å². The van der Waals surface area contributed by atoms with Crippen molar-refractivity contribution in [3.63, 3.8) is 0 Å². The van der Waals surface area contributed by atoms with Gasteiger partial charge in [-0.15, -0.1) is 0 Å². The Kier molecular flexibility index (Phi) is 5.02. The molecular formula is C28H25N2O2S2+. The highest BCUT2D eigenvalue weighted by Gasteiger charge is 2.31. The number of thioether (sulfide) groups is 1. The van der Waals surface area contributed by atoms with E-state index in [1.807, 2.05) is 23.1 Å². The van der Waals surface area contributed by atoms with Gasteiger partial charge >= 0.3 is 5.01 Å². The van der Waals surface area contributed by atoms with Gasteiger partial charge in [0.15, 0.2) is 6.54 Å². The van der Waals surface area contributed by atoms with Crippen molar-refractivity contribution in [2.24, 2.45) is 0 Å². The lowest BCUT2D eigenvalue weighted by atomic mass is 9.94.